The van der Waals surface area contributed by atoms with Gasteiger partial charge in [-0.2, -0.15) is 0 Å². The molecule has 1 N–H and O–H groups in total. The van der Waals surface area contributed by atoms with Crippen LogP contribution in [-0.2, 0) is 16.0 Å². The molecule has 4 heteroatoms. The summed E-state index contributed by atoms with van der Waals surface area (Å²) in [5.74, 6) is -0.305. The van der Waals surface area contributed by atoms with Gasteiger partial charge in [0.05, 0.1) is 12.5 Å². The van der Waals surface area contributed by atoms with Gasteiger partial charge in [0.2, 0.25) is 0 Å². The van der Waals surface area contributed by atoms with Crippen LogP contribution in [0.25, 0.3) is 10.9 Å². The quantitative estimate of drug-likeness (QED) is 0.686. The van der Waals surface area contributed by atoms with Gasteiger partial charge in [-0.1, -0.05) is 38.4 Å². The van der Waals surface area contributed by atoms with Crippen molar-refractivity contribution < 1.29 is 9.53 Å². The SMILES string of the molecule is CC.[B]c1ccc2[nH]cc(CC(C)C(=O)OCC)c2c1. The number of hydrogen-bond donors (Lipinski definition) is 1. The third-order valence-electron chi connectivity index (χ3n) is 3.01. The Morgan fingerprint density at radius 2 is 2.10 bits per heavy atom. The molecule has 1 heterocycles. The average molecular weight is 271 g/mol. The Kier molecular flexibility index (Phi) is 6.36. The zero-order chi connectivity index (χ0) is 15.1. The van der Waals surface area contributed by atoms with Crippen LogP contribution in [0.4, 0.5) is 0 Å². The molecule has 1 atom stereocenters. The highest BCUT2D eigenvalue weighted by Gasteiger charge is 2.16. The first kappa shape index (κ1) is 16.3. The van der Waals surface area contributed by atoms with Crippen molar-refractivity contribution in [2.45, 2.75) is 34.1 Å². The maximum absolute atomic E-state index is 11.6. The van der Waals surface area contributed by atoms with Crippen molar-refractivity contribution in [2.24, 2.45) is 5.92 Å². The van der Waals surface area contributed by atoms with E-state index in [2.05, 4.69) is 4.98 Å². The standard InChI is InChI=1S/C14H16BNO2.C2H6/c1-3-18-14(17)9(2)6-10-8-16-13-5-4-11(15)7-12(10)13;1-2/h4-5,7-9,16H,3,6H2,1-2H3;1-2H3. The third-order valence-corrected chi connectivity index (χ3v) is 3.01. The van der Waals surface area contributed by atoms with E-state index in [4.69, 9.17) is 12.6 Å². The summed E-state index contributed by atoms with van der Waals surface area (Å²) in [5.41, 5.74) is 2.86. The van der Waals surface area contributed by atoms with Gasteiger partial charge < -0.3 is 9.72 Å². The minimum absolute atomic E-state index is 0.148. The number of nitrogens with one attached hydrogen (secondary N) is 1. The summed E-state index contributed by atoms with van der Waals surface area (Å²) in [4.78, 5) is 14.8. The molecule has 0 saturated heterocycles. The van der Waals surface area contributed by atoms with Gasteiger partial charge in [-0.15, -0.1) is 0 Å². The van der Waals surface area contributed by atoms with E-state index in [1.54, 1.807) is 0 Å². The fraction of sp³-hybridized carbons (Fsp3) is 0.438. The highest BCUT2D eigenvalue weighted by atomic mass is 16.5. The van der Waals surface area contributed by atoms with E-state index >= 15 is 0 Å². The van der Waals surface area contributed by atoms with Crippen LogP contribution in [0.5, 0.6) is 0 Å². The Labute approximate surface area is 122 Å². The number of carbonyl (C=O) groups is 1. The summed E-state index contributed by atoms with van der Waals surface area (Å²) in [6.45, 7) is 8.12. The van der Waals surface area contributed by atoms with Crippen LogP contribution < -0.4 is 5.46 Å². The molecular weight excluding hydrogens is 249 g/mol. The smallest absolute Gasteiger partial charge is 0.308 e. The first-order chi connectivity index (χ1) is 9.61. The van der Waals surface area contributed by atoms with E-state index in [9.17, 15) is 4.79 Å². The monoisotopic (exact) mass is 271 g/mol. The predicted molar refractivity (Wildman–Crippen MR) is 84.5 cm³/mol. The number of aromatic nitrogens is 1. The Balaban J connectivity index is 0.000000956. The number of carbonyl (C=O) groups excluding carboxylic acids is 1. The maximum atomic E-state index is 11.6. The van der Waals surface area contributed by atoms with Crippen LogP contribution in [0.3, 0.4) is 0 Å². The van der Waals surface area contributed by atoms with Crippen LogP contribution in [0.1, 0.15) is 33.3 Å². The normalized spacial score (nSPS) is 11.6. The number of hydrogen-bond acceptors (Lipinski definition) is 2. The van der Waals surface area contributed by atoms with Gasteiger partial charge in [-0.25, -0.2) is 0 Å². The topological polar surface area (TPSA) is 42.1 Å². The summed E-state index contributed by atoms with van der Waals surface area (Å²) >= 11 is 0. The second-order valence-electron chi connectivity index (χ2n) is 4.48. The molecule has 0 saturated carbocycles. The van der Waals surface area contributed by atoms with Gasteiger partial charge in [-0.3, -0.25) is 4.79 Å². The largest absolute Gasteiger partial charge is 0.466 e. The molecule has 0 aliphatic carbocycles. The first-order valence-corrected chi connectivity index (χ1v) is 7.14. The summed E-state index contributed by atoms with van der Waals surface area (Å²) in [5, 5.41) is 1.08. The second-order valence-corrected chi connectivity index (χ2v) is 4.48. The molecule has 2 rings (SSSR count). The predicted octanol–water partition coefficient (Wildman–Crippen LogP) is 2.73. The van der Waals surface area contributed by atoms with Crippen LogP contribution in [-0.4, -0.2) is 25.4 Å². The number of benzene rings is 1. The summed E-state index contributed by atoms with van der Waals surface area (Å²) < 4.78 is 5.01. The number of H-pyrrole nitrogens is 1. The van der Waals surface area contributed by atoms with Crippen molar-refractivity contribution >= 4 is 30.2 Å². The van der Waals surface area contributed by atoms with Crippen molar-refractivity contribution in [3.63, 3.8) is 0 Å². The van der Waals surface area contributed by atoms with Crippen molar-refractivity contribution in [2.75, 3.05) is 6.61 Å². The first-order valence-electron chi connectivity index (χ1n) is 7.14. The molecule has 106 valence electrons. The number of fused-ring (bicyclic) bond motifs is 1. The fourth-order valence-electron chi connectivity index (χ4n) is 2.06. The highest BCUT2D eigenvalue weighted by Crippen LogP contribution is 2.20. The molecule has 1 unspecified atom stereocenters. The third kappa shape index (κ3) is 3.89. The lowest BCUT2D eigenvalue weighted by molar-refractivity contribution is -0.147. The molecule has 0 aliphatic rings. The molecule has 0 spiro atoms. The van der Waals surface area contributed by atoms with Gasteiger partial charge in [0.1, 0.15) is 7.85 Å². The number of rotatable bonds is 4. The molecule has 20 heavy (non-hydrogen) atoms. The fourth-order valence-corrected chi connectivity index (χ4v) is 2.06. The average Bonchev–Trinajstić information content (AvgIpc) is 2.84. The molecule has 0 aliphatic heterocycles. The molecule has 3 nitrogen and oxygen atoms in total. The minimum Gasteiger partial charge on any atom is -0.466 e. The lowest BCUT2D eigenvalue weighted by atomic mass is 9.93. The van der Waals surface area contributed by atoms with Crippen LogP contribution in [0, 0.1) is 5.92 Å². The molecule has 1 aromatic heterocycles. The second kappa shape index (κ2) is 7.78. The Bertz CT molecular complexity index is 563. The number of aromatic amines is 1. The molecule has 2 radical (unpaired) electrons. The lowest BCUT2D eigenvalue weighted by Gasteiger charge is -2.09. The van der Waals surface area contributed by atoms with Crippen molar-refractivity contribution in [1.82, 2.24) is 4.98 Å². The van der Waals surface area contributed by atoms with E-state index < -0.39 is 0 Å². The van der Waals surface area contributed by atoms with E-state index in [0.717, 1.165) is 21.9 Å². The van der Waals surface area contributed by atoms with Gasteiger partial charge in [0.15, 0.2) is 0 Å². The van der Waals surface area contributed by atoms with Gasteiger partial charge in [-0.05, 0) is 25.0 Å². The Hall–Kier alpha value is -1.71. The summed E-state index contributed by atoms with van der Waals surface area (Å²) in [6.07, 6.45) is 2.59. The number of esters is 1. The van der Waals surface area contributed by atoms with Crippen LogP contribution >= 0.6 is 0 Å². The van der Waals surface area contributed by atoms with Crippen molar-refractivity contribution in [3.8, 4) is 0 Å². The van der Waals surface area contributed by atoms with E-state index in [-0.39, 0.29) is 11.9 Å². The number of ether oxygens (including phenoxy) is 1. The van der Waals surface area contributed by atoms with Crippen molar-refractivity contribution in [3.05, 3.63) is 30.0 Å². The van der Waals surface area contributed by atoms with Crippen LogP contribution in [0.15, 0.2) is 24.4 Å². The lowest BCUT2D eigenvalue weighted by Crippen LogP contribution is -2.16. The van der Waals surface area contributed by atoms with Gasteiger partial charge in [0.25, 0.3) is 0 Å². The maximum Gasteiger partial charge on any atom is 0.308 e. The minimum atomic E-state index is -0.157. The Morgan fingerprint density at radius 3 is 2.75 bits per heavy atom. The molecule has 0 fully saturated rings. The van der Waals surface area contributed by atoms with E-state index in [1.165, 1.54) is 0 Å². The molecular formula is C16H22BNO2. The van der Waals surface area contributed by atoms with Gasteiger partial charge in [0, 0.05) is 17.1 Å². The van der Waals surface area contributed by atoms with Gasteiger partial charge >= 0.3 is 5.97 Å². The van der Waals surface area contributed by atoms with E-state index in [1.807, 2.05) is 52.1 Å². The molecule has 0 bridgehead atoms. The van der Waals surface area contributed by atoms with Crippen LogP contribution in [0.2, 0.25) is 0 Å². The molecule has 0 amide bonds. The van der Waals surface area contributed by atoms with Crippen molar-refractivity contribution in [1.29, 1.82) is 0 Å². The highest BCUT2D eigenvalue weighted by molar-refractivity contribution is 6.33. The molecule has 1 aromatic carbocycles. The zero-order valence-electron chi connectivity index (χ0n) is 12.7. The zero-order valence-corrected chi connectivity index (χ0v) is 12.7. The summed E-state index contributed by atoms with van der Waals surface area (Å²) in [6, 6.07) is 5.74. The van der Waals surface area contributed by atoms with E-state index in [0.29, 0.717) is 13.0 Å². The summed E-state index contributed by atoms with van der Waals surface area (Å²) in [7, 11) is 5.78. The Morgan fingerprint density at radius 1 is 1.40 bits per heavy atom. The molecule has 2 aromatic rings.